The Bertz CT molecular complexity index is 819. The summed E-state index contributed by atoms with van der Waals surface area (Å²) < 4.78 is 5.47. The summed E-state index contributed by atoms with van der Waals surface area (Å²) in [6.45, 7) is 1.70. The third-order valence-corrected chi connectivity index (χ3v) is 6.06. The first kappa shape index (κ1) is 21.7. The van der Waals surface area contributed by atoms with Crippen molar-refractivity contribution in [1.82, 2.24) is 0 Å². The van der Waals surface area contributed by atoms with Crippen molar-refractivity contribution >= 4 is 0 Å². The highest BCUT2D eigenvalue weighted by atomic mass is 16.5. The summed E-state index contributed by atoms with van der Waals surface area (Å²) in [5, 5.41) is 51.6. The third kappa shape index (κ3) is 4.17. The van der Waals surface area contributed by atoms with E-state index in [1.54, 1.807) is 25.3 Å². The molecule has 0 heterocycles. The first-order valence-corrected chi connectivity index (χ1v) is 9.96. The number of methoxy groups -OCH3 is 1. The normalized spacial score (nSPS) is 29.6. The Balaban J connectivity index is 1.96. The summed E-state index contributed by atoms with van der Waals surface area (Å²) in [4.78, 5) is 0. The molecule has 1 fully saturated rings. The van der Waals surface area contributed by atoms with E-state index in [-0.39, 0.29) is 6.42 Å². The molecule has 5 atom stereocenters. The highest BCUT2D eigenvalue weighted by Crippen LogP contribution is 2.41. The van der Waals surface area contributed by atoms with Crippen LogP contribution in [0.2, 0.25) is 0 Å². The van der Waals surface area contributed by atoms with E-state index in [1.807, 2.05) is 0 Å². The predicted octanol–water partition coefficient (Wildman–Crippen LogP) is 1.13. The fourth-order valence-electron chi connectivity index (χ4n) is 4.15. The lowest BCUT2D eigenvalue weighted by atomic mass is 9.69. The van der Waals surface area contributed by atoms with Crippen LogP contribution in [-0.4, -0.2) is 57.6 Å². The zero-order valence-corrected chi connectivity index (χ0v) is 16.8. The second-order valence-corrected chi connectivity index (χ2v) is 7.87. The molecule has 2 aromatic carbocycles. The van der Waals surface area contributed by atoms with E-state index in [1.165, 1.54) is 5.56 Å². The van der Waals surface area contributed by atoms with Crippen LogP contribution in [0.1, 0.15) is 35.6 Å². The zero-order chi connectivity index (χ0) is 21.2. The van der Waals surface area contributed by atoms with Crippen LogP contribution < -0.4 is 4.74 Å². The van der Waals surface area contributed by atoms with Gasteiger partial charge in [-0.05, 0) is 47.2 Å². The molecule has 6 heteroatoms. The van der Waals surface area contributed by atoms with Crippen molar-refractivity contribution in [2.24, 2.45) is 5.92 Å². The lowest BCUT2D eigenvalue weighted by Crippen LogP contribution is -2.59. The maximum Gasteiger partial charge on any atom is 0.122 e. The van der Waals surface area contributed by atoms with Crippen molar-refractivity contribution in [3.05, 3.63) is 64.7 Å². The summed E-state index contributed by atoms with van der Waals surface area (Å²) in [6, 6.07) is 13.4. The predicted molar refractivity (Wildman–Crippen MR) is 109 cm³/mol. The molecule has 0 saturated heterocycles. The van der Waals surface area contributed by atoms with Crippen LogP contribution in [0.3, 0.4) is 0 Å². The zero-order valence-electron chi connectivity index (χ0n) is 16.8. The lowest BCUT2D eigenvalue weighted by Gasteiger charge is -2.46. The van der Waals surface area contributed by atoms with Gasteiger partial charge in [0.05, 0.1) is 13.2 Å². The molecule has 3 rings (SSSR count). The molecule has 0 aromatic heterocycles. The van der Waals surface area contributed by atoms with E-state index >= 15 is 0 Å². The molecule has 5 N–H and O–H groups in total. The standard InChI is InChI=1S/C23H30O6/c1-3-14-4-6-15(7-5-14)10-16-11-18(8-9-19(16)29-2)23(28)12-17(13-24)20(25)21(26)22(23)27/h4-9,11,17,20-22,24-28H,3,10,12-13H2,1-2H3/t17-,20-,21?,22-,23-/m1/s1. The Labute approximate surface area is 171 Å². The maximum atomic E-state index is 11.3. The molecule has 6 nitrogen and oxygen atoms in total. The van der Waals surface area contributed by atoms with Crippen LogP contribution >= 0.6 is 0 Å². The number of aliphatic hydroxyl groups is 5. The van der Waals surface area contributed by atoms with E-state index in [9.17, 15) is 25.5 Å². The number of benzene rings is 2. The van der Waals surface area contributed by atoms with Gasteiger partial charge in [-0.15, -0.1) is 0 Å². The van der Waals surface area contributed by atoms with Crippen LogP contribution in [0.4, 0.5) is 0 Å². The van der Waals surface area contributed by atoms with Crippen LogP contribution in [-0.2, 0) is 18.4 Å². The van der Waals surface area contributed by atoms with E-state index in [0.29, 0.717) is 17.7 Å². The van der Waals surface area contributed by atoms with Gasteiger partial charge in [0, 0.05) is 18.9 Å². The quantitative estimate of drug-likeness (QED) is 0.496. The van der Waals surface area contributed by atoms with Crippen molar-refractivity contribution < 1.29 is 30.3 Å². The number of hydrogen-bond donors (Lipinski definition) is 5. The highest BCUT2D eigenvalue weighted by Gasteiger charge is 2.52. The Kier molecular flexibility index (Phi) is 6.61. The van der Waals surface area contributed by atoms with E-state index in [0.717, 1.165) is 17.5 Å². The largest absolute Gasteiger partial charge is 0.496 e. The molecule has 158 valence electrons. The number of aliphatic hydroxyl groups excluding tert-OH is 4. The highest BCUT2D eigenvalue weighted by molar-refractivity contribution is 5.43. The minimum absolute atomic E-state index is 0.0696. The lowest BCUT2D eigenvalue weighted by molar-refractivity contribution is -0.213. The first-order chi connectivity index (χ1) is 13.8. The topological polar surface area (TPSA) is 110 Å². The molecule has 0 radical (unpaired) electrons. The number of aryl methyl sites for hydroxylation is 1. The molecule has 1 unspecified atom stereocenters. The smallest absolute Gasteiger partial charge is 0.122 e. The van der Waals surface area contributed by atoms with Gasteiger partial charge >= 0.3 is 0 Å². The minimum atomic E-state index is -1.79. The summed E-state index contributed by atoms with van der Waals surface area (Å²) in [5.41, 5.74) is 1.78. The van der Waals surface area contributed by atoms with Crippen molar-refractivity contribution in [2.75, 3.05) is 13.7 Å². The minimum Gasteiger partial charge on any atom is -0.496 e. The molecule has 1 saturated carbocycles. The van der Waals surface area contributed by atoms with Gasteiger partial charge in [-0.3, -0.25) is 0 Å². The second-order valence-electron chi connectivity index (χ2n) is 7.87. The van der Waals surface area contributed by atoms with Gasteiger partial charge in [0.25, 0.3) is 0 Å². The van der Waals surface area contributed by atoms with Crippen LogP contribution in [0, 0.1) is 5.92 Å². The third-order valence-electron chi connectivity index (χ3n) is 6.06. The summed E-state index contributed by atoms with van der Waals surface area (Å²) in [6.07, 6.45) is -2.97. The Morgan fingerprint density at radius 3 is 2.24 bits per heavy atom. The summed E-state index contributed by atoms with van der Waals surface area (Å²) >= 11 is 0. The van der Waals surface area contributed by atoms with Crippen molar-refractivity contribution in [1.29, 1.82) is 0 Å². The van der Waals surface area contributed by atoms with Gasteiger partial charge in [-0.25, -0.2) is 0 Å². The van der Waals surface area contributed by atoms with Crippen molar-refractivity contribution in [3.63, 3.8) is 0 Å². The number of ether oxygens (including phenoxy) is 1. The van der Waals surface area contributed by atoms with E-state index < -0.39 is 36.4 Å². The molecule has 0 amide bonds. The Morgan fingerprint density at radius 1 is 1.00 bits per heavy atom. The molecule has 0 bridgehead atoms. The Hall–Kier alpha value is -1.96. The molecule has 1 aliphatic carbocycles. The number of rotatable bonds is 6. The van der Waals surface area contributed by atoms with Gasteiger partial charge in [-0.2, -0.15) is 0 Å². The Morgan fingerprint density at radius 2 is 1.66 bits per heavy atom. The van der Waals surface area contributed by atoms with Gasteiger partial charge in [0.1, 0.15) is 23.6 Å². The molecule has 2 aromatic rings. The van der Waals surface area contributed by atoms with Crippen LogP contribution in [0.25, 0.3) is 0 Å². The van der Waals surface area contributed by atoms with Gasteiger partial charge in [0.15, 0.2) is 0 Å². The van der Waals surface area contributed by atoms with Crippen molar-refractivity contribution in [2.45, 2.75) is 50.1 Å². The molecule has 0 spiro atoms. The molecule has 1 aliphatic rings. The fourth-order valence-corrected chi connectivity index (χ4v) is 4.15. The average Bonchev–Trinajstić information content (AvgIpc) is 2.75. The molecular formula is C23H30O6. The first-order valence-electron chi connectivity index (χ1n) is 9.96. The maximum absolute atomic E-state index is 11.3. The summed E-state index contributed by atoms with van der Waals surface area (Å²) in [5.74, 6) is -0.0907. The molecular weight excluding hydrogens is 372 g/mol. The molecule has 29 heavy (non-hydrogen) atoms. The van der Waals surface area contributed by atoms with Crippen LogP contribution in [0.15, 0.2) is 42.5 Å². The average molecular weight is 402 g/mol. The van der Waals surface area contributed by atoms with E-state index in [4.69, 9.17) is 4.74 Å². The van der Waals surface area contributed by atoms with Gasteiger partial charge in [0.2, 0.25) is 0 Å². The van der Waals surface area contributed by atoms with Crippen molar-refractivity contribution in [3.8, 4) is 5.75 Å². The summed E-state index contributed by atoms with van der Waals surface area (Å²) in [7, 11) is 1.57. The molecule has 0 aliphatic heterocycles. The number of hydrogen-bond acceptors (Lipinski definition) is 6. The van der Waals surface area contributed by atoms with Gasteiger partial charge in [-0.1, -0.05) is 37.3 Å². The van der Waals surface area contributed by atoms with Crippen LogP contribution in [0.5, 0.6) is 5.75 Å². The monoisotopic (exact) mass is 402 g/mol. The SMILES string of the molecule is CCc1ccc(Cc2cc([C@]3(O)C[C@H](CO)[C@@H](O)C(O)[C@H]3O)ccc2OC)cc1. The second kappa shape index (κ2) is 8.81. The van der Waals surface area contributed by atoms with Gasteiger partial charge < -0.3 is 30.3 Å². The van der Waals surface area contributed by atoms with E-state index in [2.05, 4.69) is 31.2 Å². The fraction of sp³-hybridized carbons (Fsp3) is 0.478.